The number of allylic oxidation sites excluding steroid dienone is 1. The van der Waals surface area contributed by atoms with Crippen LogP contribution in [-0.4, -0.2) is 65.4 Å². The van der Waals surface area contributed by atoms with Crippen molar-refractivity contribution in [2.75, 3.05) is 50.0 Å². The predicted octanol–water partition coefficient (Wildman–Crippen LogP) is 4.74. The van der Waals surface area contributed by atoms with E-state index in [2.05, 4.69) is 85.7 Å². The van der Waals surface area contributed by atoms with Gasteiger partial charge in [0.1, 0.15) is 5.82 Å². The molecule has 0 bridgehead atoms. The van der Waals surface area contributed by atoms with E-state index in [4.69, 9.17) is 4.98 Å². The first-order chi connectivity index (χ1) is 17.2. The predicted molar refractivity (Wildman–Crippen MR) is 149 cm³/mol. The molecule has 2 heterocycles. The highest BCUT2D eigenvalue weighted by molar-refractivity contribution is 5.76. The van der Waals surface area contributed by atoms with Crippen molar-refractivity contribution >= 4 is 17.7 Å². The Labute approximate surface area is 217 Å². The number of aryl methyl sites for hydroxylation is 1. The van der Waals surface area contributed by atoms with Gasteiger partial charge in [0, 0.05) is 71.0 Å². The molecule has 1 aromatic carbocycles. The molecule has 36 heavy (non-hydrogen) atoms. The van der Waals surface area contributed by atoms with Crippen LogP contribution < -0.4 is 10.2 Å². The summed E-state index contributed by atoms with van der Waals surface area (Å²) in [5.41, 5.74) is 3.68. The molecule has 0 saturated carbocycles. The van der Waals surface area contributed by atoms with Crippen molar-refractivity contribution in [3.8, 4) is 0 Å². The molecule has 0 unspecified atom stereocenters. The number of amides is 1. The zero-order valence-corrected chi connectivity index (χ0v) is 22.9. The maximum atomic E-state index is 12.5. The van der Waals surface area contributed by atoms with Gasteiger partial charge in [0.05, 0.1) is 0 Å². The van der Waals surface area contributed by atoms with Crippen LogP contribution in [0.25, 0.3) is 0 Å². The average Bonchev–Trinajstić information content (AvgIpc) is 2.86. The summed E-state index contributed by atoms with van der Waals surface area (Å²) in [5.74, 6) is 1.91. The topological polar surface area (TPSA) is 64.6 Å². The molecule has 0 atom stereocenters. The standard InChI is InChI=1S/C29H44N6O/c1-7-9-10-25-21-31-28(32-27(25)33(6)8-2)30-20-23-11-13-24(14-12-23)22-34-15-17-35(18-16-34)26(36)19-29(3,4)5/h7,11-14,21H,1,8-10,15-20,22H2,2-6H3,(H,30,31,32). The van der Waals surface area contributed by atoms with Crippen LogP contribution in [0.4, 0.5) is 11.8 Å². The Morgan fingerprint density at radius 3 is 2.42 bits per heavy atom. The normalized spacial score (nSPS) is 14.5. The van der Waals surface area contributed by atoms with Gasteiger partial charge in [0.2, 0.25) is 11.9 Å². The first kappa shape index (κ1) is 27.7. The van der Waals surface area contributed by atoms with E-state index in [0.717, 1.165) is 63.5 Å². The molecule has 1 aliphatic rings. The fourth-order valence-electron chi connectivity index (χ4n) is 4.32. The van der Waals surface area contributed by atoms with Gasteiger partial charge in [-0.1, -0.05) is 51.1 Å². The lowest BCUT2D eigenvalue weighted by atomic mass is 9.91. The smallest absolute Gasteiger partial charge is 0.224 e. The van der Waals surface area contributed by atoms with E-state index in [1.807, 2.05) is 17.2 Å². The summed E-state index contributed by atoms with van der Waals surface area (Å²) in [6.07, 6.45) is 6.29. The molecule has 1 aromatic heterocycles. The second-order valence-electron chi connectivity index (χ2n) is 10.9. The van der Waals surface area contributed by atoms with E-state index < -0.39 is 0 Å². The summed E-state index contributed by atoms with van der Waals surface area (Å²) in [5, 5.41) is 3.38. The molecule has 0 spiro atoms. The Morgan fingerprint density at radius 2 is 1.81 bits per heavy atom. The van der Waals surface area contributed by atoms with Crippen molar-refractivity contribution in [2.24, 2.45) is 5.41 Å². The molecule has 7 heteroatoms. The summed E-state index contributed by atoms with van der Waals surface area (Å²) in [6.45, 7) is 18.3. The van der Waals surface area contributed by atoms with Crippen LogP contribution in [0.15, 0.2) is 43.1 Å². The minimum absolute atomic E-state index is 0.0416. The quantitative estimate of drug-likeness (QED) is 0.457. The number of nitrogens with one attached hydrogen (secondary N) is 1. The van der Waals surface area contributed by atoms with Crippen molar-refractivity contribution in [1.29, 1.82) is 0 Å². The van der Waals surface area contributed by atoms with Gasteiger partial charge in [-0.2, -0.15) is 4.98 Å². The van der Waals surface area contributed by atoms with Gasteiger partial charge in [0.15, 0.2) is 0 Å². The first-order valence-corrected chi connectivity index (χ1v) is 13.2. The van der Waals surface area contributed by atoms with Crippen molar-refractivity contribution in [3.63, 3.8) is 0 Å². The number of hydrogen-bond donors (Lipinski definition) is 1. The van der Waals surface area contributed by atoms with Gasteiger partial charge in [-0.25, -0.2) is 4.98 Å². The maximum Gasteiger partial charge on any atom is 0.224 e. The Morgan fingerprint density at radius 1 is 1.14 bits per heavy atom. The molecule has 1 fully saturated rings. The maximum absolute atomic E-state index is 12.5. The SMILES string of the molecule is C=CCCc1cnc(NCc2ccc(CN3CCN(C(=O)CC(C)(C)C)CC3)cc2)nc1N(C)CC. The fourth-order valence-corrected chi connectivity index (χ4v) is 4.32. The van der Waals surface area contributed by atoms with Crippen molar-refractivity contribution < 1.29 is 4.79 Å². The van der Waals surface area contributed by atoms with E-state index in [0.29, 0.717) is 18.9 Å². The van der Waals surface area contributed by atoms with Crippen LogP contribution >= 0.6 is 0 Å². The molecule has 0 aliphatic carbocycles. The zero-order valence-electron chi connectivity index (χ0n) is 22.9. The second-order valence-corrected chi connectivity index (χ2v) is 10.9. The number of rotatable bonds is 11. The molecule has 1 N–H and O–H groups in total. The Kier molecular flexibility index (Phi) is 9.88. The van der Waals surface area contributed by atoms with Crippen LogP contribution in [0.2, 0.25) is 0 Å². The number of hydrogen-bond acceptors (Lipinski definition) is 6. The number of aromatic nitrogens is 2. The average molecular weight is 493 g/mol. The van der Waals surface area contributed by atoms with Crippen molar-refractivity contribution in [3.05, 3.63) is 59.8 Å². The first-order valence-electron chi connectivity index (χ1n) is 13.2. The van der Waals surface area contributed by atoms with Crippen LogP contribution in [0.5, 0.6) is 0 Å². The molecule has 0 radical (unpaired) electrons. The Bertz CT molecular complexity index is 990. The molecule has 196 valence electrons. The van der Waals surface area contributed by atoms with Crippen LogP contribution in [0.1, 0.15) is 57.2 Å². The minimum Gasteiger partial charge on any atom is -0.360 e. The lowest BCUT2D eigenvalue weighted by molar-refractivity contribution is -0.134. The number of carbonyl (C=O) groups is 1. The number of carbonyl (C=O) groups excluding carboxylic acids is 1. The summed E-state index contributed by atoms with van der Waals surface area (Å²) in [7, 11) is 2.06. The van der Waals surface area contributed by atoms with E-state index in [1.165, 1.54) is 11.1 Å². The van der Waals surface area contributed by atoms with E-state index in [9.17, 15) is 4.79 Å². The summed E-state index contributed by atoms with van der Waals surface area (Å²) in [4.78, 5) is 28.4. The third-order valence-electron chi connectivity index (χ3n) is 6.58. The van der Waals surface area contributed by atoms with Gasteiger partial charge in [-0.15, -0.1) is 6.58 Å². The van der Waals surface area contributed by atoms with Crippen LogP contribution in [0.3, 0.4) is 0 Å². The summed E-state index contributed by atoms with van der Waals surface area (Å²) >= 11 is 0. The van der Waals surface area contributed by atoms with Gasteiger partial charge in [0.25, 0.3) is 0 Å². The molecule has 3 rings (SSSR count). The third kappa shape index (κ3) is 8.33. The highest BCUT2D eigenvalue weighted by Crippen LogP contribution is 2.22. The van der Waals surface area contributed by atoms with Crippen LogP contribution in [0, 0.1) is 5.41 Å². The lowest BCUT2D eigenvalue weighted by Gasteiger charge is -2.36. The van der Waals surface area contributed by atoms with Gasteiger partial charge in [-0.05, 0) is 36.3 Å². The van der Waals surface area contributed by atoms with E-state index >= 15 is 0 Å². The molecule has 1 amide bonds. The minimum atomic E-state index is 0.0416. The molecule has 1 saturated heterocycles. The van der Waals surface area contributed by atoms with E-state index in [1.54, 1.807) is 0 Å². The van der Waals surface area contributed by atoms with Gasteiger partial charge >= 0.3 is 0 Å². The molecular weight excluding hydrogens is 448 g/mol. The molecule has 2 aromatic rings. The van der Waals surface area contributed by atoms with Crippen LogP contribution in [-0.2, 0) is 24.3 Å². The third-order valence-corrected chi connectivity index (χ3v) is 6.58. The Balaban J connectivity index is 1.50. The molecule has 7 nitrogen and oxygen atoms in total. The molecule has 1 aliphatic heterocycles. The lowest BCUT2D eigenvalue weighted by Crippen LogP contribution is -2.48. The summed E-state index contributed by atoms with van der Waals surface area (Å²) < 4.78 is 0. The monoisotopic (exact) mass is 492 g/mol. The fraction of sp³-hybridized carbons (Fsp3) is 0.552. The highest BCUT2D eigenvalue weighted by Gasteiger charge is 2.24. The van der Waals surface area contributed by atoms with E-state index in [-0.39, 0.29) is 11.3 Å². The highest BCUT2D eigenvalue weighted by atomic mass is 16.2. The van der Waals surface area contributed by atoms with Crippen molar-refractivity contribution in [2.45, 2.75) is 60.0 Å². The largest absolute Gasteiger partial charge is 0.360 e. The number of benzene rings is 1. The van der Waals surface area contributed by atoms with Gasteiger partial charge in [-0.3, -0.25) is 9.69 Å². The number of piperazine rings is 1. The summed E-state index contributed by atoms with van der Waals surface area (Å²) in [6, 6.07) is 8.74. The molecular formula is C29H44N6O. The Hall–Kier alpha value is -2.93. The van der Waals surface area contributed by atoms with Gasteiger partial charge < -0.3 is 15.1 Å². The zero-order chi connectivity index (χ0) is 26.1. The van der Waals surface area contributed by atoms with Crippen molar-refractivity contribution in [1.82, 2.24) is 19.8 Å². The number of nitrogens with zero attached hydrogens (tertiary/aromatic N) is 5. The number of anilines is 2. The second kappa shape index (κ2) is 12.9.